The van der Waals surface area contributed by atoms with Crippen LogP contribution in [-0.2, 0) is 19.7 Å². The molecule has 1 aliphatic carbocycles. The quantitative estimate of drug-likeness (QED) is 0.234. The number of ether oxygens (including phenoxy) is 1. The van der Waals surface area contributed by atoms with E-state index in [4.69, 9.17) is 20.0 Å². The Morgan fingerprint density at radius 1 is 1.04 bits per heavy atom. The molecule has 1 aliphatic heterocycles. The minimum absolute atomic E-state index is 0.0147. The molecule has 0 unspecified atom stereocenters. The summed E-state index contributed by atoms with van der Waals surface area (Å²) >= 11 is 0. The molecule has 2 atom stereocenters. The van der Waals surface area contributed by atoms with Crippen molar-refractivity contribution in [2.24, 2.45) is 0 Å². The summed E-state index contributed by atoms with van der Waals surface area (Å²) in [7, 11) is 0. The first-order valence-electron chi connectivity index (χ1n) is 15.3. The molecule has 1 saturated heterocycles. The zero-order valence-corrected chi connectivity index (χ0v) is 25.3. The summed E-state index contributed by atoms with van der Waals surface area (Å²) < 4.78 is 22.3. The maximum atomic E-state index is 14.4. The van der Waals surface area contributed by atoms with Gasteiger partial charge in [-0.05, 0) is 73.9 Å². The minimum atomic E-state index is -0.970. The molecule has 7 rings (SSSR count). The Balaban J connectivity index is 1.09. The van der Waals surface area contributed by atoms with E-state index in [0.29, 0.717) is 30.6 Å². The van der Waals surface area contributed by atoms with Crippen LogP contribution in [0.2, 0.25) is 0 Å². The largest absolute Gasteiger partial charge is 0.478 e. The van der Waals surface area contributed by atoms with Gasteiger partial charge in [0, 0.05) is 43.0 Å². The number of carboxylic acids is 1. The highest BCUT2D eigenvalue weighted by Gasteiger charge is 2.43. The third-order valence-electron chi connectivity index (χ3n) is 8.97. The Labute approximate surface area is 265 Å². The van der Waals surface area contributed by atoms with E-state index in [1.165, 1.54) is 6.07 Å². The number of carboxylic acid groups (broad SMARTS) is 1. The molecule has 0 bridgehead atoms. The van der Waals surface area contributed by atoms with Crippen LogP contribution in [-0.4, -0.2) is 60.7 Å². The first kappa shape index (κ1) is 29.4. The van der Waals surface area contributed by atoms with Gasteiger partial charge in [-0.3, -0.25) is 9.88 Å². The number of rotatable bonds is 9. The van der Waals surface area contributed by atoms with Crippen LogP contribution in [0.5, 0.6) is 5.88 Å². The molecule has 232 valence electrons. The van der Waals surface area contributed by atoms with Crippen molar-refractivity contribution in [2.45, 2.75) is 51.5 Å². The van der Waals surface area contributed by atoms with Crippen LogP contribution in [0.4, 0.5) is 10.2 Å². The number of nitrogens with zero attached hydrogens (tertiary/aromatic N) is 7. The summed E-state index contributed by atoms with van der Waals surface area (Å²) in [6.07, 6.45) is 3.89. The summed E-state index contributed by atoms with van der Waals surface area (Å²) in [6.45, 7) is 4.74. The van der Waals surface area contributed by atoms with Crippen molar-refractivity contribution in [1.82, 2.24) is 24.4 Å². The topological polar surface area (TPSA) is 120 Å². The Morgan fingerprint density at radius 3 is 2.67 bits per heavy atom. The molecule has 10 nitrogen and oxygen atoms in total. The lowest BCUT2D eigenvalue weighted by molar-refractivity contribution is 0.0624. The van der Waals surface area contributed by atoms with E-state index in [2.05, 4.69) is 19.4 Å². The number of anilines is 1. The molecule has 2 aromatic carbocycles. The van der Waals surface area contributed by atoms with Gasteiger partial charge in [-0.1, -0.05) is 12.1 Å². The second kappa shape index (κ2) is 12.2. The second-order valence-electron chi connectivity index (χ2n) is 11.9. The molecule has 3 aromatic heterocycles. The Bertz CT molecular complexity index is 1990. The molecule has 5 aromatic rings. The van der Waals surface area contributed by atoms with E-state index in [1.807, 2.05) is 37.3 Å². The number of nitriles is 1. The van der Waals surface area contributed by atoms with E-state index in [1.54, 1.807) is 42.6 Å². The third-order valence-corrected chi connectivity index (χ3v) is 8.97. The van der Waals surface area contributed by atoms with Crippen LogP contribution < -0.4 is 9.64 Å². The number of aromatic nitrogens is 4. The van der Waals surface area contributed by atoms with E-state index < -0.39 is 11.8 Å². The standard InChI is InChI=1S/C35H32FN7O3/c1-22-11-12-38-26(15-22)19-43-31-17-24(35(44)45)7-8-28(31)39-33(43)20-41-13-14-42(30-10-9-29(30)41)32-3-2-4-34(40-32)46-21-25-6-5-23(18-37)16-27(25)36/h2-8,11-12,15-17,29-30H,9-10,13-14,19-21H2,1H3,(H,44,45)/t29-,30+/m0/s1. The lowest BCUT2D eigenvalue weighted by Crippen LogP contribution is -2.64. The van der Waals surface area contributed by atoms with Crippen LogP contribution >= 0.6 is 0 Å². The molecule has 2 aliphatic rings. The fourth-order valence-corrected chi connectivity index (χ4v) is 6.46. The van der Waals surface area contributed by atoms with Gasteiger partial charge in [-0.15, -0.1) is 0 Å². The maximum Gasteiger partial charge on any atom is 0.335 e. The Hall–Kier alpha value is -5.34. The summed E-state index contributed by atoms with van der Waals surface area (Å²) in [5, 5.41) is 18.6. The predicted octanol–water partition coefficient (Wildman–Crippen LogP) is 5.32. The van der Waals surface area contributed by atoms with Crippen molar-refractivity contribution >= 4 is 22.8 Å². The van der Waals surface area contributed by atoms with Crippen molar-refractivity contribution in [1.29, 1.82) is 5.26 Å². The molecule has 11 heteroatoms. The molecule has 0 amide bonds. The SMILES string of the molecule is Cc1ccnc(Cn2c(CN3CCN(c4cccc(OCc5ccc(C#N)cc5F)n4)[C@@H]4CC[C@@H]43)nc3ccc(C(=O)O)cc32)c1. The van der Waals surface area contributed by atoms with E-state index >= 15 is 0 Å². The number of carbonyl (C=O) groups is 1. The summed E-state index contributed by atoms with van der Waals surface area (Å²) in [5.74, 6) is 0.672. The van der Waals surface area contributed by atoms with Gasteiger partial charge < -0.3 is 19.3 Å². The molecule has 1 saturated carbocycles. The fraction of sp³-hybridized carbons (Fsp3) is 0.286. The smallest absolute Gasteiger partial charge is 0.335 e. The first-order chi connectivity index (χ1) is 22.4. The average molecular weight is 618 g/mol. The van der Waals surface area contributed by atoms with Gasteiger partial charge in [0.2, 0.25) is 5.88 Å². The maximum absolute atomic E-state index is 14.4. The van der Waals surface area contributed by atoms with Crippen molar-refractivity contribution in [3.63, 3.8) is 0 Å². The third kappa shape index (κ3) is 5.75. The van der Waals surface area contributed by atoms with Gasteiger partial charge in [0.15, 0.2) is 0 Å². The number of hydrogen-bond donors (Lipinski definition) is 1. The Morgan fingerprint density at radius 2 is 1.91 bits per heavy atom. The highest BCUT2D eigenvalue weighted by molar-refractivity contribution is 5.92. The number of aromatic carboxylic acids is 1. The monoisotopic (exact) mass is 617 g/mol. The molecule has 0 spiro atoms. The zero-order chi connectivity index (χ0) is 31.8. The second-order valence-corrected chi connectivity index (χ2v) is 11.9. The van der Waals surface area contributed by atoms with Gasteiger partial charge in [-0.2, -0.15) is 10.2 Å². The van der Waals surface area contributed by atoms with Gasteiger partial charge >= 0.3 is 5.97 Å². The number of aryl methyl sites for hydroxylation is 1. The van der Waals surface area contributed by atoms with Crippen molar-refractivity contribution < 1.29 is 19.0 Å². The van der Waals surface area contributed by atoms with E-state index in [-0.39, 0.29) is 23.8 Å². The number of benzene rings is 2. The van der Waals surface area contributed by atoms with Crippen LogP contribution in [0.3, 0.4) is 0 Å². The molecule has 46 heavy (non-hydrogen) atoms. The lowest BCUT2D eigenvalue weighted by atomic mass is 9.81. The number of imidazole rings is 1. The highest BCUT2D eigenvalue weighted by atomic mass is 19.1. The normalized spacial score (nSPS) is 17.7. The van der Waals surface area contributed by atoms with Crippen LogP contribution in [0.25, 0.3) is 11.0 Å². The lowest BCUT2D eigenvalue weighted by Gasteiger charge is -2.54. The zero-order valence-electron chi connectivity index (χ0n) is 25.3. The van der Waals surface area contributed by atoms with Crippen molar-refractivity contribution in [3.05, 3.63) is 113 Å². The molecule has 2 fully saturated rings. The predicted molar refractivity (Wildman–Crippen MR) is 169 cm³/mol. The molecule has 0 radical (unpaired) electrons. The first-order valence-corrected chi connectivity index (χ1v) is 15.3. The summed E-state index contributed by atoms with van der Waals surface area (Å²) in [6, 6.07) is 21.6. The van der Waals surface area contributed by atoms with Crippen LogP contribution in [0.1, 0.15) is 51.4 Å². The van der Waals surface area contributed by atoms with Gasteiger partial charge in [0.25, 0.3) is 0 Å². The van der Waals surface area contributed by atoms with Crippen molar-refractivity contribution in [2.75, 3.05) is 18.0 Å². The molecule has 4 heterocycles. The average Bonchev–Trinajstić information content (AvgIpc) is 3.36. The number of hydrogen-bond acceptors (Lipinski definition) is 8. The minimum Gasteiger partial charge on any atom is -0.478 e. The van der Waals surface area contributed by atoms with Gasteiger partial charge in [-0.25, -0.2) is 14.2 Å². The van der Waals surface area contributed by atoms with Gasteiger partial charge in [0.1, 0.15) is 24.1 Å². The number of fused-ring (bicyclic) bond motifs is 2. The summed E-state index contributed by atoms with van der Waals surface area (Å²) in [5.41, 5.74) is 4.40. The van der Waals surface area contributed by atoms with E-state index in [0.717, 1.165) is 59.9 Å². The van der Waals surface area contributed by atoms with Crippen LogP contribution in [0, 0.1) is 24.1 Å². The number of halogens is 1. The number of piperazine rings is 1. The molecule has 1 N–H and O–H groups in total. The van der Waals surface area contributed by atoms with Crippen LogP contribution in [0.15, 0.2) is 72.9 Å². The van der Waals surface area contributed by atoms with Gasteiger partial charge in [0.05, 0.1) is 47.0 Å². The van der Waals surface area contributed by atoms with Crippen molar-refractivity contribution in [3.8, 4) is 11.9 Å². The summed E-state index contributed by atoms with van der Waals surface area (Å²) in [4.78, 5) is 30.9. The number of pyridine rings is 2. The Kier molecular flexibility index (Phi) is 7.80. The fourth-order valence-electron chi connectivity index (χ4n) is 6.46. The molecular weight excluding hydrogens is 585 g/mol. The van der Waals surface area contributed by atoms with E-state index in [9.17, 15) is 14.3 Å². The highest BCUT2D eigenvalue weighted by Crippen LogP contribution is 2.37. The molecular formula is C35H32FN7O3.